The van der Waals surface area contributed by atoms with Crippen LogP contribution in [0.15, 0.2) is 56.9 Å². The Hall–Kier alpha value is -2.80. The monoisotopic (exact) mass is 756 g/mol. The number of rotatable bonds is 14. The lowest BCUT2D eigenvalue weighted by Crippen LogP contribution is -2.42. The number of aryl methyl sites for hydroxylation is 1. The highest BCUT2D eigenvalue weighted by atomic mass is 79.9. The Labute approximate surface area is 295 Å². The van der Waals surface area contributed by atoms with Crippen LogP contribution in [-0.4, -0.2) is 56.3 Å². The number of hydrogen-bond acceptors (Lipinski definition) is 7. The summed E-state index contributed by atoms with van der Waals surface area (Å²) in [5.41, 5.74) is 3.84. The summed E-state index contributed by atoms with van der Waals surface area (Å²) in [6, 6.07) is 13.1. The van der Waals surface area contributed by atoms with Gasteiger partial charge in [0.25, 0.3) is 15.9 Å². The molecule has 3 aromatic rings. The van der Waals surface area contributed by atoms with E-state index in [4.69, 9.17) is 14.3 Å². The number of halogens is 1. The first kappa shape index (κ1) is 36.5. The van der Waals surface area contributed by atoms with E-state index in [0.717, 1.165) is 67.5 Å². The fraction of sp³-hybridized carbons (Fsp3) is 0.528. The Morgan fingerprint density at radius 1 is 1.10 bits per heavy atom. The molecule has 48 heavy (non-hydrogen) atoms. The van der Waals surface area contributed by atoms with Gasteiger partial charge in [0.05, 0.1) is 25.2 Å². The van der Waals surface area contributed by atoms with Gasteiger partial charge in [-0.25, -0.2) is 12.7 Å². The smallest absolute Gasteiger partial charge is 0.269 e. The number of benzene rings is 2. The van der Waals surface area contributed by atoms with Crippen LogP contribution in [0.5, 0.6) is 0 Å². The fourth-order valence-corrected chi connectivity index (χ4v) is 8.91. The number of carbonyl (C=O) groups is 1. The summed E-state index contributed by atoms with van der Waals surface area (Å²) in [6.45, 7) is 14.5. The van der Waals surface area contributed by atoms with Gasteiger partial charge >= 0.3 is 0 Å². The second-order valence-corrected chi connectivity index (χ2v) is 22.2. The molecule has 1 atom stereocenters. The molecule has 9 nitrogen and oxygen atoms in total. The number of unbranched alkanes of at least 4 members (excludes halogenated alkanes) is 1. The Morgan fingerprint density at radius 2 is 1.81 bits per heavy atom. The number of amides is 1. The molecule has 1 amide bonds. The topological polar surface area (TPSA) is 105 Å². The molecule has 5 rings (SSSR count). The standard InChI is InChI=1S/C36H49BrN4O5SSi/c1-8-9-16-33-38-36(19-12-13-20-36)35(42)40(33)23-28-17-18-30(29(21-28)22-37)31-14-10-11-15-32(31)47(43,44)41(24-45-27(4)48(5,6)7)34-25(2)26(3)39-46-34/h10-11,14-15,17-18,21,27H,8-9,12-13,16,19-20,22-24H2,1-7H3. The van der Waals surface area contributed by atoms with E-state index < -0.39 is 23.6 Å². The van der Waals surface area contributed by atoms with Gasteiger partial charge in [-0.2, -0.15) is 0 Å². The van der Waals surface area contributed by atoms with Gasteiger partial charge in [-0.1, -0.05) is 103 Å². The minimum atomic E-state index is -4.17. The van der Waals surface area contributed by atoms with Gasteiger partial charge < -0.3 is 9.26 Å². The first-order valence-corrected chi connectivity index (χ1v) is 23.1. The van der Waals surface area contributed by atoms with Gasteiger partial charge in [0, 0.05) is 28.6 Å². The molecule has 1 unspecified atom stereocenters. The Morgan fingerprint density at radius 3 is 2.44 bits per heavy atom. The van der Waals surface area contributed by atoms with E-state index in [-0.39, 0.29) is 29.1 Å². The zero-order valence-electron chi connectivity index (χ0n) is 29.3. The molecule has 0 saturated heterocycles. The number of anilines is 1. The third kappa shape index (κ3) is 7.22. The van der Waals surface area contributed by atoms with Crippen LogP contribution in [0.4, 0.5) is 5.88 Å². The molecule has 1 aromatic heterocycles. The number of nitrogens with zero attached hydrogens (tertiary/aromatic N) is 4. The van der Waals surface area contributed by atoms with Crippen molar-refractivity contribution >= 4 is 51.7 Å². The Balaban J connectivity index is 1.50. The predicted octanol–water partition coefficient (Wildman–Crippen LogP) is 8.53. The molecule has 1 spiro atoms. The second-order valence-electron chi connectivity index (χ2n) is 14.2. The summed E-state index contributed by atoms with van der Waals surface area (Å²) < 4.78 is 42.3. The predicted molar refractivity (Wildman–Crippen MR) is 198 cm³/mol. The molecule has 2 aliphatic rings. The highest BCUT2D eigenvalue weighted by Gasteiger charge is 2.49. The number of aliphatic imine (C=N–C) groups is 1. The van der Waals surface area contributed by atoms with Crippen molar-refractivity contribution in [1.82, 2.24) is 10.1 Å². The van der Waals surface area contributed by atoms with Crippen molar-refractivity contribution in [2.75, 3.05) is 11.0 Å². The third-order valence-corrected chi connectivity index (χ3v) is 14.9. The number of aromatic nitrogens is 1. The number of hydrogen-bond donors (Lipinski definition) is 0. The first-order valence-electron chi connectivity index (χ1n) is 17.0. The van der Waals surface area contributed by atoms with Crippen LogP contribution in [0.2, 0.25) is 19.6 Å². The molecule has 1 aliphatic heterocycles. The van der Waals surface area contributed by atoms with Crippen LogP contribution < -0.4 is 4.31 Å². The molecule has 2 aromatic carbocycles. The number of sulfonamides is 1. The van der Waals surface area contributed by atoms with Crippen LogP contribution in [0, 0.1) is 13.8 Å². The summed E-state index contributed by atoms with van der Waals surface area (Å²) in [5, 5.41) is 4.56. The molecule has 12 heteroatoms. The highest BCUT2D eigenvalue weighted by molar-refractivity contribution is 9.08. The van der Waals surface area contributed by atoms with Crippen LogP contribution in [0.1, 0.15) is 81.2 Å². The summed E-state index contributed by atoms with van der Waals surface area (Å²) >= 11 is 3.67. The lowest BCUT2D eigenvalue weighted by molar-refractivity contribution is -0.131. The molecule has 1 aliphatic carbocycles. The molecule has 1 fully saturated rings. The number of alkyl halides is 1. The zero-order valence-corrected chi connectivity index (χ0v) is 32.7. The van der Waals surface area contributed by atoms with Crippen molar-refractivity contribution in [3.8, 4) is 11.1 Å². The summed E-state index contributed by atoms with van der Waals surface area (Å²) in [6.07, 6.45) is 6.52. The molecular weight excluding hydrogens is 708 g/mol. The normalized spacial score (nSPS) is 17.0. The number of amidine groups is 1. The Kier molecular flexibility index (Phi) is 11.1. The van der Waals surface area contributed by atoms with E-state index in [0.29, 0.717) is 28.7 Å². The van der Waals surface area contributed by atoms with Gasteiger partial charge in [0.1, 0.15) is 18.1 Å². The van der Waals surface area contributed by atoms with E-state index in [1.165, 1.54) is 4.31 Å². The first-order chi connectivity index (χ1) is 22.7. The lowest BCUT2D eigenvalue weighted by atomic mass is 9.97. The summed E-state index contributed by atoms with van der Waals surface area (Å²) in [4.78, 5) is 20.9. The van der Waals surface area contributed by atoms with E-state index >= 15 is 0 Å². The molecule has 2 heterocycles. The van der Waals surface area contributed by atoms with Gasteiger partial charge in [-0.05, 0) is 62.8 Å². The highest BCUT2D eigenvalue weighted by Crippen LogP contribution is 2.41. The van der Waals surface area contributed by atoms with Crippen molar-refractivity contribution in [3.05, 3.63) is 64.8 Å². The molecule has 0 N–H and O–H groups in total. The Bertz CT molecular complexity index is 1780. The molecule has 260 valence electrons. The lowest BCUT2D eigenvalue weighted by Gasteiger charge is -2.29. The largest absolute Gasteiger partial charge is 0.360 e. The van der Waals surface area contributed by atoms with Gasteiger partial charge in [0.2, 0.25) is 5.88 Å². The minimum Gasteiger partial charge on any atom is -0.360 e. The molecule has 0 radical (unpaired) electrons. The van der Waals surface area contributed by atoms with Crippen LogP contribution in [-0.2, 0) is 31.4 Å². The summed E-state index contributed by atoms with van der Waals surface area (Å²) in [5.74, 6) is 1.17. The van der Waals surface area contributed by atoms with Crippen molar-refractivity contribution in [1.29, 1.82) is 0 Å². The van der Waals surface area contributed by atoms with Crippen molar-refractivity contribution in [2.45, 2.75) is 120 Å². The van der Waals surface area contributed by atoms with E-state index in [9.17, 15) is 13.2 Å². The maximum atomic E-state index is 14.6. The van der Waals surface area contributed by atoms with Crippen molar-refractivity contribution < 1.29 is 22.5 Å². The van der Waals surface area contributed by atoms with E-state index in [2.05, 4.69) is 53.7 Å². The average Bonchev–Trinajstić information content (AvgIpc) is 3.74. The maximum Gasteiger partial charge on any atom is 0.269 e. The van der Waals surface area contributed by atoms with Gasteiger partial charge in [-0.3, -0.25) is 14.7 Å². The van der Waals surface area contributed by atoms with E-state index in [1.54, 1.807) is 26.0 Å². The van der Waals surface area contributed by atoms with Gasteiger partial charge in [-0.15, -0.1) is 0 Å². The SMILES string of the molecule is CCCCC1=NC2(CCCC2)C(=O)N1Cc1ccc(-c2ccccc2S(=O)(=O)N(COC(C)[Si](C)(C)C)c2onc(C)c2C)c(CBr)c1. The molecule has 0 bridgehead atoms. The minimum absolute atomic E-state index is 0.0964. The van der Waals surface area contributed by atoms with Crippen LogP contribution in [0.3, 0.4) is 0 Å². The third-order valence-electron chi connectivity index (χ3n) is 9.90. The molecular formula is C36H49BrN4O5SSi. The second kappa shape index (κ2) is 14.6. The average molecular weight is 758 g/mol. The van der Waals surface area contributed by atoms with Crippen LogP contribution >= 0.6 is 15.9 Å². The van der Waals surface area contributed by atoms with Crippen LogP contribution in [0.25, 0.3) is 11.1 Å². The fourth-order valence-electron chi connectivity index (χ4n) is 6.33. The van der Waals surface area contributed by atoms with Crippen molar-refractivity contribution in [2.24, 2.45) is 4.99 Å². The van der Waals surface area contributed by atoms with Gasteiger partial charge in [0.15, 0.2) is 0 Å². The molecule has 1 saturated carbocycles. The van der Waals surface area contributed by atoms with E-state index in [1.807, 2.05) is 36.1 Å². The zero-order chi connectivity index (χ0) is 34.9. The summed E-state index contributed by atoms with van der Waals surface area (Å²) in [7, 11) is -5.89. The van der Waals surface area contributed by atoms with Crippen molar-refractivity contribution in [3.63, 3.8) is 0 Å². The number of ether oxygens (including phenoxy) is 1. The quantitative estimate of drug-likeness (QED) is 0.0928. The number of carbonyl (C=O) groups excluding carboxylic acids is 1. The maximum absolute atomic E-state index is 14.6.